The Hall–Kier alpha value is -1.39. The second kappa shape index (κ2) is 6.58. The molecule has 2 aromatic carbocycles. The van der Waals surface area contributed by atoms with Crippen LogP contribution in [0, 0.1) is 19.7 Å². The zero-order valence-electron chi connectivity index (χ0n) is 12.5. The number of halogens is 2. The average Bonchev–Trinajstić information content (AvgIpc) is 2.41. The largest absolute Gasteiger partial charge is 0.366 e. The fraction of sp³-hybridized carbons (Fsp3) is 0.294. The first-order chi connectivity index (χ1) is 9.93. The van der Waals surface area contributed by atoms with Crippen LogP contribution >= 0.6 is 15.9 Å². The summed E-state index contributed by atoms with van der Waals surface area (Å²) >= 11 is 3.28. The van der Waals surface area contributed by atoms with Crippen molar-refractivity contribution in [3.05, 3.63) is 63.4 Å². The zero-order chi connectivity index (χ0) is 15.6. The highest BCUT2D eigenvalue weighted by molar-refractivity contribution is 9.10. The van der Waals surface area contributed by atoms with E-state index in [-0.39, 0.29) is 11.9 Å². The van der Waals surface area contributed by atoms with Crippen LogP contribution in [0.3, 0.4) is 0 Å². The van der Waals surface area contributed by atoms with E-state index in [0.717, 1.165) is 15.7 Å². The molecule has 0 aliphatic heterocycles. The summed E-state index contributed by atoms with van der Waals surface area (Å²) in [6, 6.07) is 11.2. The second-order valence-electron chi connectivity index (χ2n) is 5.32. The summed E-state index contributed by atoms with van der Waals surface area (Å²) in [7, 11) is 1.96. The molecule has 2 rings (SSSR count). The topological polar surface area (TPSA) is 29.3 Å². The van der Waals surface area contributed by atoms with E-state index < -0.39 is 0 Å². The van der Waals surface area contributed by atoms with Gasteiger partial charge in [-0.3, -0.25) is 0 Å². The Morgan fingerprint density at radius 3 is 2.48 bits per heavy atom. The van der Waals surface area contributed by atoms with Gasteiger partial charge in [-0.1, -0.05) is 39.7 Å². The van der Waals surface area contributed by atoms with Gasteiger partial charge >= 0.3 is 0 Å². The molecule has 0 aliphatic carbocycles. The summed E-state index contributed by atoms with van der Waals surface area (Å²) in [5, 5.41) is 0. The highest BCUT2D eigenvalue weighted by Crippen LogP contribution is 2.30. The van der Waals surface area contributed by atoms with Crippen LogP contribution in [-0.4, -0.2) is 13.6 Å². The molecular weight excluding hydrogens is 331 g/mol. The lowest BCUT2D eigenvalue weighted by Gasteiger charge is -2.31. The molecule has 0 radical (unpaired) electrons. The monoisotopic (exact) mass is 350 g/mol. The van der Waals surface area contributed by atoms with Crippen molar-refractivity contribution in [2.24, 2.45) is 5.73 Å². The summed E-state index contributed by atoms with van der Waals surface area (Å²) < 4.78 is 14.9. The molecule has 0 saturated carbocycles. The molecular formula is C17H20BrFN2. The molecule has 4 heteroatoms. The molecule has 0 fully saturated rings. The van der Waals surface area contributed by atoms with Gasteiger partial charge in [0.1, 0.15) is 5.82 Å². The van der Waals surface area contributed by atoms with Crippen LogP contribution in [0.25, 0.3) is 0 Å². The number of rotatable bonds is 4. The highest BCUT2D eigenvalue weighted by atomic mass is 79.9. The molecule has 0 bridgehead atoms. The molecule has 0 saturated heterocycles. The Kier molecular flexibility index (Phi) is 5.01. The van der Waals surface area contributed by atoms with Crippen molar-refractivity contribution in [1.29, 1.82) is 0 Å². The van der Waals surface area contributed by atoms with Crippen LogP contribution in [-0.2, 0) is 0 Å². The normalized spacial score (nSPS) is 12.3. The quantitative estimate of drug-likeness (QED) is 0.888. The van der Waals surface area contributed by atoms with Gasteiger partial charge in [-0.05, 0) is 37.6 Å². The van der Waals surface area contributed by atoms with Crippen LogP contribution in [0.15, 0.2) is 40.9 Å². The minimum Gasteiger partial charge on any atom is -0.366 e. The van der Waals surface area contributed by atoms with Gasteiger partial charge in [0.25, 0.3) is 0 Å². The first-order valence-electron chi connectivity index (χ1n) is 6.89. The van der Waals surface area contributed by atoms with E-state index in [9.17, 15) is 4.39 Å². The first kappa shape index (κ1) is 16.0. The Labute approximate surface area is 133 Å². The van der Waals surface area contributed by atoms with E-state index >= 15 is 0 Å². The fourth-order valence-electron chi connectivity index (χ4n) is 2.63. The van der Waals surface area contributed by atoms with E-state index in [2.05, 4.69) is 48.0 Å². The molecule has 1 unspecified atom stereocenters. The van der Waals surface area contributed by atoms with Gasteiger partial charge in [0.05, 0.1) is 6.04 Å². The van der Waals surface area contributed by atoms with E-state index in [1.807, 2.05) is 18.0 Å². The summed E-state index contributed by atoms with van der Waals surface area (Å²) in [5.74, 6) is -0.239. The molecule has 0 aliphatic rings. The van der Waals surface area contributed by atoms with Gasteiger partial charge in [-0.15, -0.1) is 0 Å². The molecule has 0 heterocycles. The predicted molar refractivity (Wildman–Crippen MR) is 90.2 cm³/mol. The third-order valence-electron chi connectivity index (χ3n) is 3.74. The third kappa shape index (κ3) is 3.44. The summed E-state index contributed by atoms with van der Waals surface area (Å²) in [6.07, 6.45) is 0. The Bertz CT molecular complexity index is 643. The van der Waals surface area contributed by atoms with Crippen LogP contribution in [0.5, 0.6) is 0 Å². The van der Waals surface area contributed by atoms with Crippen molar-refractivity contribution in [3.63, 3.8) is 0 Å². The number of hydrogen-bond donors (Lipinski definition) is 1. The molecule has 2 N–H and O–H groups in total. The van der Waals surface area contributed by atoms with Crippen molar-refractivity contribution >= 4 is 21.6 Å². The van der Waals surface area contributed by atoms with E-state index in [0.29, 0.717) is 12.1 Å². The number of aryl methyl sites for hydroxylation is 2. The summed E-state index contributed by atoms with van der Waals surface area (Å²) in [4.78, 5) is 2.04. The van der Waals surface area contributed by atoms with Gasteiger partial charge in [0.2, 0.25) is 0 Å². The Morgan fingerprint density at radius 1 is 1.19 bits per heavy atom. The van der Waals surface area contributed by atoms with Crippen molar-refractivity contribution < 1.29 is 4.39 Å². The standard InChI is InChI=1S/C17H20BrFN2/c1-11-4-7-16(12(2)8-11)21(3)17(10-20)14-6-5-13(18)9-15(14)19/h4-9,17H,10,20H2,1-3H3. The van der Waals surface area contributed by atoms with Crippen molar-refractivity contribution in [2.75, 3.05) is 18.5 Å². The Morgan fingerprint density at radius 2 is 1.90 bits per heavy atom. The summed E-state index contributed by atoms with van der Waals surface area (Å²) in [6.45, 7) is 4.47. The minimum absolute atomic E-state index is 0.195. The maximum absolute atomic E-state index is 14.2. The minimum atomic E-state index is -0.239. The molecule has 112 valence electrons. The molecule has 0 amide bonds. The van der Waals surface area contributed by atoms with Gasteiger partial charge in [0.15, 0.2) is 0 Å². The second-order valence-corrected chi connectivity index (χ2v) is 6.23. The number of nitrogens with zero attached hydrogens (tertiary/aromatic N) is 1. The van der Waals surface area contributed by atoms with Gasteiger partial charge in [-0.2, -0.15) is 0 Å². The van der Waals surface area contributed by atoms with Crippen molar-refractivity contribution in [1.82, 2.24) is 0 Å². The van der Waals surface area contributed by atoms with Crippen molar-refractivity contribution in [3.8, 4) is 0 Å². The van der Waals surface area contributed by atoms with Gasteiger partial charge in [-0.25, -0.2) is 4.39 Å². The highest BCUT2D eigenvalue weighted by Gasteiger charge is 2.20. The fourth-order valence-corrected chi connectivity index (χ4v) is 2.97. The lowest BCUT2D eigenvalue weighted by Crippen LogP contribution is -2.31. The molecule has 0 aromatic heterocycles. The predicted octanol–water partition coefficient (Wildman–Crippen LogP) is 4.34. The maximum atomic E-state index is 14.2. The van der Waals surface area contributed by atoms with Gasteiger partial charge < -0.3 is 10.6 Å². The first-order valence-corrected chi connectivity index (χ1v) is 7.68. The van der Waals surface area contributed by atoms with E-state index in [1.54, 1.807) is 6.07 Å². The summed E-state index contributed by atoms with van der Waals surface area (Å²) in [5.41, 5.74) is 9.96. The molecule has 0 spiro atoms. The average molecular weight is 351 g/mol. The van der Waals surface area contributed by atoms with Crippen molar-refractivity contribution in [2.45, 2.75) is 19.9 Å². The molecule has 2 aromatic rings. The van der Waals surface area contributed by atoms with E-state index in [4.69, 9.17) is 5.73 Å². The van der Waals surface area contributed by atoms with Crippen LogP contribution in [0.4, 0.5) is 10.1 Å². The maximum Gasteiger partial charge on any atom is 0.129 e. The number of likely N-dealkylation sites (N-methyl/N-ethyl adjacent to an activating group) is 1. The Balaban J connectivity index is 2.40. The smallest absolute Gasteiger partial charge is 0.129 e. The van der Waals surface area contributed by atoms with E-state index in [1.165, 1.54) is 11.6 Å². The van der Waals surface area contributed by atoms with Gasteiger partial charge in [0, 0.05) is 29.3 Å². The lowest BCUT2D eigenvalue weighted by molar-refractivity contribution is 0.571. The zero-order valence-corrected chi connectivity index (χ0v) is 14.1. The lowest BCUT2D eigenvalue weighted by atomic mass is 10.0. The molecule has 2 nitrogen and oxygen atoms in total. The number of nitrogens with two attached hydrogens (primary N) is 1. The number of anilines is 1. The SMILES string of the molecule is Cc1ccc(N(C)C(CN)c2ccc(Br)cc2F)c(C)c1. The molecule has 21 heavy (non-hydrogen) atoms. The third-order valence-corrected chi connectivity index (χ3v) is 4.24. The number of benzene rings is 2. The van der Waals surface area contributed by atoms with Crippen LogP contribution in [0.1, 0.15) is 22.7 Å². The van der Waals surface area contributed by atoms with Crippen LogP contribution in [0.2, 0.25) is 0 Å². The molecule has 1 atom stereocenters. The van der Waals surface area contributed by atoms with Crippen LogP contribution < -0.4 is 10.6 Å². The number of hydrogen-bond acceptors (Lipinski definition) is 2.